The Hall–Kier alpha value is -0.870. The second-order valence-electron chi connectivity index (χ2n) is 2.63. The van der Waals surface area contributed by atoms with Crippen molar-refractivity contribution >= 4 is 22.0 Å². The molecule has 0 radical (unpaired) electrons. The molecule has 0 fully saturated rings. The summed E-state index contributed by atoms with van der Waals surface area (Å²) in [5.74, 6) is 0. The number of nitrogens with zero attached hydrogens (tertiary/aromatic N) is 1. The van der Waals surface area contributed by atoms with Crippen LogP contribution in [0.1, 0.15) is 12.1 Å². The summed E-state index contributed by atoms with van der Waals surface area (Å²) in [7, 11) is 0. The van der Waals surface area contributed by atoms with Crippen molar-refractivity contribution in [2.45, 2.75) is 6.42 Å². The van der Waals surface area contributed by atoms with Gasteiger partial charge in [0.1, 0.15) is 0 Å². The molecule has 1 aromatic rings. The summed E-state index contributed by atoms with van der Waals surface area (Å²) < 4.78 is 5.20. The SMILES string of the molecule is Nc1nc(C2=CCOCC2)cs1. The van der Waals surface area contributed by atoms with E-state index in [9.17, 15) is 0 Å². The van der Waals surface area contributed by atoms with E-state index >= 15 is 0 Å². The molecule has 4 heteroatoms. The molecule has 0 spiro atoms. The Labute approximate surface area is 74.9 Å². The van der Waals surface area contributed by atoms with Crippen molar-refractivity contribution < 1.29 is 4.74 Å². The molecule has 1 aromatic heterocycles. The molecule has 0 aromatic carbocycles. The maximum atomic E-state index is 5.53. The van der Waals surface area contributed by atoms with E-state index in [-0.39, 0.29) is 0 Å². The standard InChI is InChI=1S/C8H10N2OS/c9-8-10-7(5-12-8)6-1-3-11-4-2-6/h1,5H,2-4H2,(H2,9,10). The predicted octanol–water partition coefficient (Wildman–Crippen LogP) is 1.53. The number of aromatic nitrogens is 1. The molecule has 1 aliphatic rings. The van der Waals surface area contributed by atoms with Gasteiger partial charge in [-0.2, -0.15) is 0 Å². The minimum atomic E-state index is 0.636. The molecule has 0 aliphatic carbocycles. The van der Waals surface area contributed by atoms with Crippen molar-refractivity contribution in [1.82, 2.24) is 4.98 Å². The van der Waals surface area contributed by atoms with Gasteiger partial charge in [0.15, 0.2) is 5.13 Å². The maximum Gasteiger partial charge on any atom is 0.180 e. The van der Waals surface area contributed by atoms with Gasteiger partial charge in [0.25, 0.3) is 0 Å². The fourth-order valence-electron chi connectivity index (χ4n) is 1.19. The monoisotopic (exact) mass is 182 g/mol. The first-order valence-corrected chi connectivity index (χ1v) is 4.72. The van der Waals surface area contributed by atoms with Crippen molar-refractivity contribution in [2.24, 2.45) is 0 Å². The van der Waals surface area contributed by atoms with Crippen LogP contribution in [0.15, 0.2) is 11.5 Å². The summed E-state index contributed by atoms with van der Waals surface area (Å²) in [5.41, 5.74) is 7.81. The number of anilines is 1. The van der Waals surface area contributed by atoms with E-state index in [4.69, 9.17) is 10.5 Å². The first-order valence-electron chi connectivity index (χ1n) is 3.84. The Kier molecular flexibility index (Phi) is 2.10. The minimum absolute atomic E-state index is 0.636. The summed E-state index contributed by atoms with van der Waals surface area (Å²) in [6, 6.07) is 0. The quantitative estimate of drug-likeness (QED) is 0.716. The van der Waals surface area contributed by atoms with E-state index < -0.39 is 0 Å². The number of hydrogen-bond donors (Lipinski definition) is 1. The Morgan fingerprint density at radius 3 is 3.08 bits per heavy atom. The van der Waals surface area contributed by atoms with Crippen molar-refractivity contribution in [3.05, 3.63) is 17.2 Å². The molecule has 0 unspecified atom stereocenters. The largest absolute Gasteiger partial charge is 0.377 e. The smallest absolute Gasteiger partial charge is 0.180 e. The lowest BCUT2D eigenvalue weighted by Crippen LogP contribution is -2.03. The molecule has 3 nitrogen and oxygen atoms in total. The van der Waals surface area contributed by atoms with Gasteiger partial charge in [-0.1, -0.05) is 6.08 Å². The zero-order valence-electron chi connectivity index (χ0n) is 6.62. The summed E-state index contributed by atoms with van der Waals surface area (Å²) in [5, 5.41) is 2.63. The van der Waals surface area contributed by atoms with Crippen LogP contribution in [-0.4, -0.2) is 18.2 Å². The zero-order chi connectivity index (χ0) is 8.39. The van der Waals surface area contributed by atoms with E-state index in [2.05, 4.69) is 11.1 Å². The number of nitrogen functional groups attached to an aromatic ring is 1. The van der Waals surface area contributed by atoms with Crippen molar-refractivity contribution in [1.29, 1.82) is 0 Å². The summed E-state index contributed by atoms with van der Waals surface area (Å²) in [4.78, 5) is 4.21. The van der Waals surface area contributed by atoms with Gasteiger partial charge >= 0.3 is 0 Å². The molecule has 0 saturated carbocycles. The van der Waals surface area contributed by atoms with Crippen LogP contribution in [0.5, 0.6) is 0 Å². The lowest BCUT2D eigenvalue weighted by Gasteiger charge is -2.10. The highest BCUT2D eigenvalue weighted by molar-refractivity contribution is 7.13. The number of thiazole rings is 1. The lowest BCUT2D eigenvalue weighted by atomic mass is 10.1. The van der Waals surface area contributed by atoms with Crippen molar-refractivity contribution in [2.75, 3.05) is 18.9 Å². The Morgan fingerprint density at radius 2 is 2.50 bits per heavy atom. The van der Waals surface area contributed by atoms with Crippen LogP contribution in [0.3, 0.4) is 0 Å². The van der Waals surface area contributed by atoms with Gasteiger partial charge in [0.2, 0.25) is 0 Å². The predicted molar refractivity (Wildman–Crippen MR) is 49.9 cm³/mol. The molecule has 2 rings (SSSR count). The van der Waals surface area contributed by atoms with E-state index in [0.717, 1.165) is 18.7 Å². The third kappa shape index (κ3) is 1.49. The maximum absolute atomic E-state index is 5.53. The van der Waals surface area contributed by atoms with Gasteiger partial charge in [-0.15, -0.1) is 11.3 Å². The van der Waals surface area contributed by atoms with Crippen LogP contribution in [0, 0.1) is 0 Å². The molecular weight excluding hydrogens is 172 g/mol. The van der Waals surface area contributed by atoms with Crippen LogP contribution in [0.25, 0.3) is 5.57 Å². The van der Waals surface area contributed by atoms with E-state index in [0.29, 0.717) is 11.7 Å². The number of hydrogen-bond acceptors (Lipinski definition) is 4. The first-order chi connectivity index (χ1) is 5.86. The Morgan fingerprint density at radius 1 is 1.58 bits per heavy atom. The molecule has 0 bridgehead atoms. The Balaban J connectivity index is 2.23. The first kappa shape index (κ1) is 7.76. The lowest BCUT2D eigenvalue weighted by molar-refractivity contribution is 0.161. The molecule has 64 valence electrons. The molecule has 2 heterocycles. The van der Waals surface area contributed by atoms with E-state index in [1.165, 1.54) is 16.9 Å². The van der Waals surface area contributed by atoms with Gasteiger partial charge in [-0.25, -0.2) is 4.98 Å². The Bertz CT molecular complexity index is 306. The summed E-state index contributed by atoms with van der Waals surface area (Å²) in [6.07, 6.45) is 3.02. The average Bonchev–Trinajstić information content (AvgIpc) is 2.54. The third-order valence-corrected chi connectivity index (χ3v) is 2.49. The van der Waals surface area contributed by atoms with Crippen LogP contribution in [0.4, 0.5) is 5.13 Å². The molecule has 12 heavy (non-hydrogen) atoms. The topological polar surface area (TPSA) is 48.1 Å². The van der Waals surface area contributed by atoms with Crippen LogP contribution < -0.4 is 5.73 Å². The van der Waals surface area contributed by atoms with Crippen molar-refractivity contribution in [3.63, 3.8) is 0 Å². The number of rotatable bonds is 1. The highest BCUT2D eigenvalue weighted by Gasteiger charge is 2.08. The highest BCUT2D eigenvalue weighted by Crippen LogP contribution is 2.23. The zero-order valence-corrected chi connectivity index (χ0v) is 7.43. The highest BCUT2D eigenvalue weighted by atomic mass is 32.1. The molecular formula is C8H10N2OS. The fourth-order valence-corrected chi connectivity index (χ4v) is 1.78. The van der Waals surface area contributed by atoms with Gasteiger partial charge < -0.3 is 10.5 Å². The molecule has 1 aliphatic heterocycles. The van der Waals surface area contributed by atoms with Gasteiger partial charge in [0, 0.05) is 5.38 Å². The fraction of sp³-hybridized carbons (Fsp3) is 0.375. The average molecular weight is 182 g/mol. The second-order valence-corrected chi connectivity index (χ2v) is 3.51. The van der Waals surface area contributed by atoms with Crippen LogP contribution >= 0.6 is 11.3 Å². The van der Waals surface area contributed by atoms with Gasteiger partial charge in [0.05, 0.1) is 18.9 Å². The van der Waals surface area contributed by atoms with Crippen LogP contribution in [-0.2, 0) is 4.74 Å². The molecule has 0 saturated heterocycles. The second kappa shape index (κ2) is 3.25. The molecule has 0 amide bonds. The van der Waals surface area contributed by atoms with Gasteiger partial charge in [-0.05, 0) is 12.0 Å². The molecule has 2 N–H and O–H groups in total. The van der Waals surface area contributed by atoms with E-state index in [1.54, 1.807) is 0 Å². The number of ether oxygens (including phenoxy) is 1. The van der Waals surface area contributed by atoms with Crippen LogP contribution in [0.2, 0.25) is 0 Å². The van der Waals surface area contributed by atoms with Gasteiger partial charge in [-0.3, -0.25) is 0 Å². The summed E-state index contributed by atoms with van der Waals surface area (Å²) in [6.45, 7) is 1.50. The van der Waals surface area contributed by atoms with Crippen molar-refractivity contribution in [3.8, 4) is 0 Å². The minimum Gasteiger partial charge on any atom is -0.377 e. The third-order valence-electron chi connectivity index (χ3n) is 1.81. The molecule has 0 atom stereocenters. The number of nitrogens with two attached hydrogens (primary N) is 1. The summed E-state index contributed by atoms with van der Waals surface area (Å²) >= 11 is 1.48. The normalized spacial score (nSPS) is 17.5. The van der Waals surface area contributed by atoms with E-state index in [1.807, 2.05) is 5.38 Å².